The van der Waals surface area contributed by atoms with E-state index in [1.54, 1.807) is 12.1 Å². The van der Waals surface area contributed by atoms with E-state index in [9.17, 15) is 18.0 Å². The Hall–Kier alpha value is -2.95. The molecule has 9 nitrogen and oxygen atoms in total. The van der Waals surface area contributed by atoms with Crippen LogP contribution in [0.25, 0.3) is 0 Å². The smallest absolute Gasteiger partial charge is 0.282 e. The molecule has 1 unspecified atom stereocenters. The van der Waals surface area contributed by atoms with Gasteiger partial charge in [-0.25, -0.2) is 13.9 Å². The van der Waals surface area contributed by atoms with Crippen molar-refractivity contribution in [1.29, 1.82) is 0 Å². The lowest BCUT2D eigenvalue weighted by Crippen LogP contribution is -2.61. The monoisotopic (exact) mass is 391 g/mol. The van der Waals surface area contributed by atoms with Gasteiger partial charge in [0.15, 0.2) is 6.17 Å². The summed E-state index contributed by atoms with van der Waals surface area (Å²) in [5, 5.41) is 11.1. The number of sulfonamides is 1. The predicted octanol–water partition coefficient (Wildman–Crippen LogP) is 0.821. The molecule has 142 valence electrons. The Labute approximate surface area is 155 Å². The minimum Gasteiger partial charge on any atom is -0.457 e. The number of hydrogen-bond acceptors (Lipinski definition) is 6. The Kier molecular flexibility index (Phi) is 5.40. The SMILES string of the molecule is O=C1CCN(S(=O)(=O)c2ccc(Oc3ccccc3)cc2)C(C(=O)NO)N1. The molecule has 1 aliphatic heterocycles. The second kappa shape index (κ2) is 7.74. The van der Waals surface area contributed by atoms with Gasteiger partial charge in [0.1, 0.15) is 11.5 Å². The first kappa shape index (κ1) is 18.8. The van der Waals surface area contributed by atoms with Gasteiger partial charge in [-0.2, -0.15) is 4.31 Å². The van der Waals surface area contributed by atoms with Crippen molar-refractivity contribution in [3.8, 4) is 11.5 Å². The van der Waals surface area contributed by atoms with Crippen LogP contribution in [0.5, 0.6) is 11.5 Å². The van der Waals surface area contributed by atoms with Gasteiger partial charge in [0.2, 0.25) is 15.9 Å². The van der Waals surface area contributed by atoms with E-state index in [0.717, 1.165) is 4.31 Å². The number of benzene rings is 2. The number of para-hydroxylation sites is 1. The molecule has 0 aliphatic carbocycles. The molecule has 27 heavy (non-hydrogen) atoms. The number of nitrogens with one attached hydrogen (secondary N) is 2. The zero-order chi connectivity index (χ0) is 19.4. The van der Waals surface area contributed by atoms with E-state index in [4.69, 9.17) is 9.94 Å². The molecule has 0 spiro atoms. The molecular formula is C17H17N3O6S. The van der Waals surface area contributed by atoms with E-state index in [-0.39, 0.29) is 17.9 Å². The highest BCUT2D eigenvalue weighted by molar-refractivity contribution is 7.89. The van der Waals surface area contributed by atoms with E-state index < -0.39 is 28.0 Å². The van der Waals surface area contributed by atoms with Crippen molar-refractivity contribution >= 4 is 21.8 Å². The van der Waals surface area contributed by atoms with E-state index >= 15 is 0 Å². The molecular weight excluding hydrogens is 374 g/mol. The number of amides is 2. The molecule has 1 fully saturated rings. The molecule has 0 saturated carbocycles. The predicted molar refractivity (Wildman–Crippen MR) is 93.3 cm³/mol. The van der Waals surface area contributed by atoms with Gasteiger partial charge >= 0.3 is 0 Å². The highest BCUT2D eigenvalue weighted by Gasteiger charge is 2.40. The van der Waals surface area contributed by atoms with Crippen LogP contribution in [0.4, 0.5) is 0 Å². The fourth-order valence-electron chi connectivity index (χ4n) is 2.59. The Morgan fingerprint density at radius 2 is 1.74 bits per heavy atom. The van der Waals surface area contributed by atoms with E-state index in [2.05, 4.69) is 5.32 Å². The van der Waals surface area contributed by atoms with Crippen molar-refractivity contribution in [1.82, 2.24) is 15.1 Å². The summed E-state index contributed by atoms with van der Waals surface area (Å²) in [4.78, 5) is 23.2. The van der Waals surface area contributed by atoms with Gasteiger partial charge < -0.3 is 10.1 Å². The summed E-state index contributed by atoms with van der Waals surface area (Å²) < 4.78 is 32.2. The minimum atomic E-state index is -4.09. The Balaban J connectivity index is 1.83. The first-order valence-electron chi connectivity index (χ1n) is 8.00. The van der Waals surface area contributed by atoms with Crippen LogP contribution in [0.15, 0.2) is 59.5 Å². The van der Waals surface area contributed by atoms with Crippen molar-refractivity contribution in [2.24, 2.45) is 0 Å². The quantitative estimate of drug-likeness (QED) is 0.512. The molecule has 1 saturated heterocycles. The van der Waals surface area contributed by atoms with Gasteiger partial charge in [0.25, 0.3) is 5.91 Å². The first-order valence-corrected chi connectivity index (χ1v) is 9.44. The topological polar surface area (TPSA) is 125 Å². The standard InChI is InChI=1S/C17H17N3O6S/c21-15-10-11-20(16(18-15)17(22)19-23)27(24,25)14-8-6-13(7-9-14)26-12-4-2-1-3-5-12/h1-9,16,23H,10-11H2,(H,18,21)(H,19,22). The Bertz CT molecular complexity index is 931. The van der Waals surface area contributed by atoms with Gasteiger partial charge in [-0.3, -0.25) is 14.8 Å². The maximum absolute atomic E-state index is 12.9. The number of ether oxygens (including phenoxy) is 1. The largest absolute Gasteiger partial charge is 0.457 e. The third-order valence-electron chi connectivity index (χ3n) is 3.91. The number of nitrogens with zero attached hydrogens (tertiary/aromatic N) is 1. The number of hydrogen-bond donors (Lipinski definition) is 3. The second-order valence-electron chi connectivity index (χ2n) is 5.70. The zero-order valence-corrected chi connectivity index (χ0v) is 14.8. The molecule has 10 heteroatoms. The molecule has 1 heterocycles. The average molecular weight is 391 g/mol. The second-order valence-corrected chi connectivity index (χ2v) is 7.59. The third kappa shape index (κ3) is 4.08. The summed E-state index contributed by atoms with van der Waals surface area (Å²) in [5.41, 5.74) is 1.37. The molecule has 1 atom stereocenters. The number of carbonyl (C=O) groups is 2. The maximum atomic E-state index is 12.9. The van der Waals surface area contributed by atoms with E-state index in [1.165, 1.54) is 29.7 Å². The van der Waals surface area contributed by atoms with Crippen LogP contribution in [0.2, 0.25) is 0 Å². The van der Waals surface area contributed by atoms with Gasteiger partial charge in [0, 0.05) is 13.0 Å². The first-order chi connectivity index (χ1) is 12.9. The number of hydroxylamine groups is 1. The number of carbonyl (C=O) groups excluding carboxylic acids is 2. The molecule has 2 amide bonds. The minimum absolute atomic E-state index is 0.0743. The summed E-state index contributed by atoms with van der Waals surface area (Å²) in [6.45, 7) is -0.186. The van der Waals surface area contributed by atoms with Crippen molar-refractivity contribution in [3.05, 3.63) is 54.6 Å². The third-order valence-corrected chi connectivity index (χ3v) is 5.79. The van der Waals surface area contributed by atoms with Gasteiger partial charge in [-0.05, 0) is 36.4 Å². The van der Waals surface area contributed by atoms with Crippen molar-refractivity contribution in [3.63, 3.8) is 0 Å². The summed E-state index contributed by atoms with van der Waals surface area (Å²) in [5.74, 6) is -0.486. The Morgan fingerprint density at radius 3 is 2.37 bits per heavy atom. The van der Waals surface area contributed by atoms with Crippen molar-refractivity contribution < 1.29 is 28.0 Å². The van der Waals surface area contributed by atoms with Crippen LogP contribution < -0.4 is 15.5 Å². The van der Waals surface area contributed by atoms with Crippen LogP contribution in [0, 0.1) is 0 Å². The molecule has 1 aliphatic rings. The molecule has 3 rings (SSSR count). The van der Waals surface area contributed by atoms with Crippen LogP contribution in [0.3, 0.4) is 0 Å². The lowest BCUT2D eigenvalue weighted by atomic mass is 10.3. The summed E-state index contributed by atoms with van der Waals surface area (Å²) in [6, 6.07) is 14.7. The zero-order valence-electron chi connectivity index (χ0n) is 14.0. The van der Waals surface area contributed by atoms with Crippen LogP contribution >= 0.6 is 0 Å². The summed E-state index contributed by atoms with van der Waals surface area (Å²) in [7, 11) is -4.09. The highest BCUT2D eigenvalue weighted by Crippen LogP contribution is 2.25. The average Bonchev–Trinajstić information content (AvgIpc) is 2.68. The van der Waals surface area contributed by atoms with Gasteiger partial charge in [0.05, 0.1) is 4.90 Å². The molecule has 3 N–H and O–H groups in total. The fourth-order valence-corrected chi connectivity index (χ4v) is 4.10. The van der Waals surface area contributed by atoms with Crippen LogP contribution in [0.1, 0.15) is 6.42 Å². The van der Waals surface area contributed by atoms with Crippen LogP contribution in [-0.2, 0) is 19.6 Å². The molecule has 0 radical (unpaired) electrons. The normalized spacial score (nSPS) is 17.8. The summed E-state index contributed by atoms with van der Waals surface area (Å²) >= 11 is 0. The fraction of sp³-hybridized carbons (Fsp3) is 0.176. The van der Waals surface area contributed by atoms with Crippen molar-refractivity contribution in [2.45, 2.75) is 17.5 Å². The summed E-state index contributed by atoms with van der Waals surface area (Å²) in [6.07, 6.45) is -1.62. The molecule has 0 bridgehead atoms. The number of rotatable bonds is 5. The molecule has 2 aromatic rings. The highest BCUT2D eigenvalue weighted by atomic mass is 32.2. The van der Waals surface area contributed by atoms with Crippen molar-refractivity contribution in [2.75, 3.05) is 6.54 Å². The maximum Gasteiger partial charge on any atom is 0.282 e. The van der Waals surface area contributed by atoms with E-state index in [0.29, 0.717) is 11.5 Å². The molecule has 0 aromatic heterocycles. The van der Waals surface area contributed by atoms with Gasteiger partial charge in [-0.1, -0.05) is 18.2 Å². The Morgan fingerprint density at radius 1 is 1.11 bits per heavy atom. The van der Waals surface area contributed by atoms with Gasteiger partial charge in [-0.15, -0.1) is 0 Å². The lowest BCUT2D eigenvalue weighted by molar-refractivity contribution is -0.140. The lowest BCUT2D eigenvalue weighted by Gasteiger charge is -2.33. The van der Waals surface area contributed by atoms with Crippen LogP contribution in [-0.4, -0.2) is 42.5 Å². The molecule has 2 aromatic carbocycles. The van der Waals surface area contributed by atoms with E-state index in [1.807, 2.05) is 18.2 Å².